The molecule has 9 nitrogen and oxygen atoms in total. The first-order valence-electron chi connectivity index (χ1n) is 10.9. The van der Waals surface area contributed by atoms with Crippen LogP contribution in [-0.4, -0.2) is 53.8 Å². The Labute approximate surface area is 201 Å². The SMILES string of the molecule is CCN(C)N(Cc1nc2cccc(Cl)c2n1C)C(=O)c1ccc2nc(N)c3cnn(C)c3c2c1. The van der Waals surface area contributed by atoms with Crippen LogP contribution in [0.25, 0.3) is 32.8 Å². The number of nitrogen functional groups attached to an aromatic ring is 1. The number of aryl methyl sites for hydroxylation is 2. The number of imidazole rings is 1. The maximum absolute atomic E-state index is 13.8. The number of halogens is 1. The molecule has 2 aromatic carbocycles. The van der Waals surface area contributed by atoms with Gasteiger partial charge in [0.05, 0.1) is 45.2 Å². The van der Waals surface area contributed by atoms with Crippen LogP contribution >= 0.6 is 11.6 Å². The predicted octanol–water partition coefficient (Wildman–Crippen LogP) is 3.75. The Morgan fingerprint density at radius 2 is 1.88 bits per heavy atom. The van der Waals surface area contributed by atoms with Gasteiger partial charge in [0, 0.05) is 38.6 Å². The summed E-state index contributed by atoms with van der Waals surface area (Å²) in [7, 11) is 5.65. The zero-order chi connectivity index (χ0) is 24.1. The van der Waals surface area contributed by atoms with Gasteiger partial charge in [0.2, 0.25) is 0 Å². The van der Waals surface area contributed by atoms with E-state index in [0.29, 0.717) is 35.0 Å². The summed E-state index contributed by atoms with van der Waals surface area (Å²) in [5.41, 5.74) is 9.86. The van der Waals surface area contributed by atoms with Crippen LogP contribution in [0.4, 0.5) is 5.82 Å². The van der Waals surface area contributed by atoms with Gasteiger partial charge in [-0.15, -0.1) is 0 Å². The highest BCUT2D eigenvalue weighted by Crippen LogP contribution is 2.29. The van der Waals surface area contributed by atoms with E-state index < -0.39 is 0 Å². The number of rotatable bonds is 5. The summed E-state index contributed by atoms with van der Waals surface area (Å²) in [6.45, 7) is 2.94. The Morgan fingerprint density at radius 3 is 2.62 bits per heavy atom. The van der Waals surface area contributed by atoms with Crippen molar-refractivity contribution in [2.75, 3.05) is 19.3 Å². The Kier molecular flexibility index (Phi) is 5.38. The van der Waals surface area contributed by atoms with Crippen molar-refractivity contribution in [2.45, 2.75) is 13.5 Å². The summed E-state index contributed by atoms with van der Waals surface area (Å²) in [5.74, 6) is 1.01. The van der Waals surface area contributed by atoms with Crippen molar-refractivity contribution in [1.29, 1.82) is 0 Å². The van der Waals surface area contributed by atoms with E-state index in [1.165, 1.54) is 0 Å². The molecule has 5 rings (SSSR count). The van der Waals surface area contributed by atoms with Gasteiger partial charge in [0.1, 0.15) is 11.6 Å². The van der Waals surface area contributed by atoms with Crippen molar-refractivity contribution in [3.63, 3.8) is 0 Å². The lowest BCUT2D eigenvalue weighted by molar-refractivity contribution is 0.00206. The fourth-order valence-corrected chi connectivity index (χ4v) is 4.60. The Hall–Kier alpha value is -3.69. The second-order valence-electron chi connectivity index (χ2n) is 8.29. The van der Waals surface area contributed by atoms with Gasteiger partial charge in [-0.05, 0) is 30.3 Å². The standard InChI is InChI=1S/C24H25ClN8O/c1-5-30(2)33(13-20-28-19-8-6-7-17(25)22(19)31(20)3)24(34)14-9-10-18-15(11-14)21-16(23(26)29-18)12-27-32(21)4/h6-12H,5,13H2,1-4H3,(H2,26,29). The van der Waals surface area contributed by atoms with Gasteiger partial charge in [-0.1, -0.05) is 24.6 Å². The molecule has 0 unspecified atom stereocenters. The topological polar surface area (TPSA) is 98.1 Å². The van der Waals surface area contributed by atoms with Gasteiger partial charge in [-0.25, -0.2) is 15.0 Å². The number of benzene rings is 2. The molecule has 0 fully saturated rings. The van der Waals surface area contributed by atoms with Crippen LogP contribution in [0.5, 0.6) is 0 Å². The number of pyridine rings is 1. The zero-order valence-electron chi connectivity index (χ0n) is 19.4. The Morgan fingerprint density at radius 1 is 1.09 bits per heavy atom. The third-order valence-corrected chi connectivity index (χ3v) is 6.59. The van der Waals surface area contributed by atoms with Crippen LogP contribution in [0.1, 0.15) is 23.1 Å². The first-order chi connectivity index (χ1) is 16.3. The molecule has 0 aliphatic carbocycles. The zero-order valence-corrected chi connectivity index (χ0v) is 20.2. The third kappa shape index (κ3) is 3.44. The van der Waals surface area contributed by atoms with Gasteiger partial charge in [0.25, 0.3) is 5.91 Å². The van der Waals surface area contributed by atoms with E-state index in [1.54, 1.807) is 22.0 Å². The number of hydrogen-bond donors (Lipinski definition) is 1. The largest absolute Gasteiger partial charge is 0.383 e. The maximum Gasteiger partial charge on any atom is 0.268 e. The Balaban J connectivity index is 1.58. The normalized spacial score (nSPS) is 11.8. The summed E-state index contributed by atoms with van der Waals surface area (Å²) in [4.78, 5) is 23.0. The molecule has 0 aliphatic rings. The molecule has 0 saturated carbocycles. The lowest BCUT2D eigenvalue weighted by Gasteiger charge is -2.31. The van der Waals surface area contributed by atoms with Gasteiger partial charge in [-0.3, -0.25) is 14.5 Å². The van der Waals surface area contributed by atoms with E-state index >= 15 is 0 Å². The van der Waals surface area contributed by atoms with Crippen LogP contribution in [0.2, 0.25) is 5.02 Å². The molecule has 5 aromatic rings. The van der Waals surface area contributed by atoms with E-state index in [-0.39, 0.29) is 5.91 Å². The number of carbonyl (C=O) groups excluding carboxylic acids is 1. The summed E-state index contributed by atoms with van der Waals surface area (Å²) < 4.78 is 3.69. The van der Waals surface area contributed by atoms with Crippen molar-refractivity contribution >= 4 is 56.2 Å². The van der Waals surface area contributed by atoms with Gasteiger partial charge < -0.3 is 10.3 Å². The highest BCUT2D eigenvalue weighted by molar-refractivity contribution is 6.35. The molecule has 174 valence electrons. The number of para-hydroxylation sites is 1. The van der Waals surface area contributed by atoms with Crippen LogP contribution in [0, 0.1) is 0 Å². The molecule has 0 saturated heterocycles. The fraction of sp³-hybridized carbons (Fsp3) is 0.250. The van der Waals surface area contributed by atoms with E-state index in [0.717, 1.165) is 33.1 Å². The summed E-state index contributed by atoms with van der Waals surface area (Å²) in [6, 6.07) is 11.1. The third-order valence-electron chi connectivity index (χ3n) is 6.29. The number of hydrogen-bond acceptors (Lipinski definition) is 6. The van der Waals surface area contributed by atoms with Gasteiger partial charge in [-0.2, -0.15) is 5.10 Å². The molecule has 10 heteroatoms. The molecule has 0 radical (unpaired) electrons. The smallest absolute Gasteiger partial charge is 0.268 e. The minimum Gasteiger partial charge on any atom is -0.383 e. The highest BCUT2D eigenvalue weighted by Gasteiger charge is 2.24. The summed E-state index contributed by atoms with van der Waals surface area (Å²) in [5, 5.41) is 10.1. The van der Waals surface area contributed by atoms with Crippen molar-refractivity contribution in [3.05, 3.63) is 59.0 Å². The number of aromatic nitrogens is 5. The average Bonchev–Trinajstić information content (AvgIpc) is 3.37. The fourth-order valence-electron chi connectivity index (χ4n) is 4.30. The second kappa shape index (κ2) is 8.27. The highest BCUT2D eigenvalue weighted by atomic mass is 35.5. The predicted molar refractivity (Wildman–Crippen MR) is 134 cm³/mol. The molecule has 0 aliphatic heterocycles. The lowest BCUT2D eigenvalue weighted by atomic mass is 10.1. The van der Waals surface area contributed by atoms with Gasteiger partial charge in [0.15, 0.2) is 0 Å². The van der Waals surface area contributed by atoms with Crippen molar-refractivity contribution in [1.82, 2.24) is 34.3 Å². The number of hydrazine groups is 1. The number of carbonyl (C=O) groups is 1. The second-order valence-corrected chi connectivity index (χ2v) is 8.70. The molecule has 0 bridgehead atoms. The van der Waals surface area contributed by atoms with Crippen LogP contribution in [0.3, 0.4) is 0 Å². The van der Waals surface area contributed by atoms with Gasteiger partial charge >= 0.3 is 0 Å². The first kappa shape index (κ1) is 22.1. The van der Waals surface area contributed by atoms with Crippen molar-refractivity contribution in [3.8, 4) is 0 Å². The summed E-state index contributed by atoms with van der Waals surface area (Å²) in [6.07, 6.45) is 1.69. The molecule has 3 heterocycles. The van der Waals surface area contributed by atoms with Crippen molar-refractivity contribution in [2.24, 2.45) is 14.1 Å². The number of fused-ring (bicyclic) bond motifs is 4. The van der Waals surface area contributed by atoms with E-state index in [2.05, 4.69) is 10.1 Å². The maximum atomic E-state index is 13.8. The molecule has 3 aromatic heterocycles. The summed E-state index contributed by atoms with van der Waals surface area (Å²) >= 11 is 6.40. The molecule has 2 N–H and O–H groups in total. The van der Waals surface area contributed by atoms with Crippen LogP contribution in [0.15, 0.2) is 42.6 Å². The quantitative estimate of drug-likeness (QED) is 0.388. The number of anilines is 1. The Bertz CT molecular complexity index is 1570. The number of nitrogens with zero attached hydrogens (tertiary/aromatic N) is 7. The minimum absolute atomic E-state index is 0.142. The molecule has 34 heavy (non-hydrogen) atoms. The number of amides is 1. The van der Waals surface area contributed by atoms with Crippen LogP contribution < -0.4 is 5.73 Å². The van der Waals surface area contributed by atoms with E-state index in [4.69, 9.17) is 22.3 Å². The monoisotopic (exact) mass is 476 g/mol. The number of nitrogens with two attached hydrogens (primary N) is 1. The minimum atomic E-state index is -0.142. The van der Waals surface area contributed by atoms with E-state index in [9.17, 15) is 4.79 Å². The van der Waals surface area contributed by atoms with E-state index in [1.807, 2.05) is 68.0 Å². The molecular weight excluding hydrogens is 452 g/mol. The lowest BCUT2D eigenvalue weighted by Crippen LogP contribution is -2.44. The molecule has 0 spiro atoms. The molecule has 1 amide bonds. The average molecular weight is 477 g/mol. The van der Waals surface area contributed by atoms with Crippen LogP contribution in [-0.2, 0) is 20.6 Å². The molecule has 0 atom stereocenters. The molecular formula is C24H25ClN8O. The van der Waals surface area contributed by atoms with Crippen molar-refractivity contribution < 1.29 is 4.79 Å². The first-order valence-corrected chi connectivity index (χ1v) is 11.3.